The molecule has 0 aromatic carbocycles. The summed E-state index contributed by atoms with van der Waals surface area (Å²) < 4.78 is 11.2. The molecule has 0 saturated carbocycles. The van der Waals surface area contributed by atoms with E-state index in [-0.39, 0.29) is 18.8 Å². The molecule has 0 bridgehead atoms. The van der Waals surface area contributed by atoms with Crippen LogP contribution in [0.5, 0.6) is 0 Å². The van der Waals surface area contributed by atoms with Crippen molar-refractivity contribution in [3.63, 3.8) is 0 Å². The van der Waals surface area contributed by atoms with Crippen LogP contribution in [-0.2, 0) is 9.47 Å². The standard InChI is InChI=1S/C19H32O3/c1-18(17-20)13-9-7-5-3-2-4-6-8-11-15-21-19-14-10-12-16-22-19/h3-6,9,13,18-20H,2,7-8,10-12,14-17H2,1H3/b5-3-,6-4-,13-9-/t18-,19?/m1/s1. The third kappa shape index (κ3) is 10.8. The third-order valence-corrected chi connectivity index (χ3v) is 3.59. The van der Waals surface area contributed by atoms with Gasteiger partial charge in [-0.2, -0.15) is 0 Å². The summed E-state index contributed by atoms with van der Waals surface area (Å²) in [5.74, 6) is 0.259. The monoisotopic (exact) mass is 308 g/mol. The summed E-state index contributed by atoms with van der Waals surface area (Å²) in [4.78, 5) is 0. The molecule has 1 unspecified atom stereocenters. The zero-order valence-corrected chi connectivity index (χ0v) is 14.0. The maximum absolute atomic E-state index is 8.88. The normalized spacial score (nSPS) is 21.3. The molecule has 0 spiro atoms. The molecule has 0 radical (unpaired) electrons. The van der Waals surface area contributed by atoms with Crippen LogP contribution in [0.4, 0.5) is 0 Å². The zero-order valence-electron chi connectivity index (χ0n) is 14.0. The van der Waals surface area contributed by atoms with E-state index < -0.39 is 0 Å². The third-order valence-electron chi connectivity index (χ3n) is 3.59. The highest BCUT2D eigenvalue weighted by molar-refractivity contribution is 4.98. The first-order valence-corrected chi connectivity index (χ1v) is 8.63. The molecule has 0 aromatic heterocycles. The maximum atomic E-state index is 8.88. The van der Waals surface area contributed by atoms with Gasteiger partial charge >= 0.3 is 0 Å². The summed E-state index contributed by atoms with van der Waals surface area (Å²) in [5, 5.41) is 8.88. The van der Waals surface area contributed by atoms with Crippen molar-refractivity contribution in [1.29, 1.82) is 0 Å². The first-order chi connectivity index (χ1) is 10.8. The highest BCUT2D eigenvalue weighted by atomic mass is 16.7. The summed E-state index contributed by atoms with van der Waals surface area (Å²) in [6, 6.07) is 0. The van der Waals surface area contributed by atoms with Gasteiger partial charge in [-0.3, -0.25) is 0 Å². The highest BCUT2D eigenvalue weighted by Crippen LogP contribution is 2.13. The molecule has 1 N–H and O–H groups in total. The summed E-state index contributed by atoms with van der Waals surface area (Å²) in [6.07, 6.45) is 20.4. The SMILES string of the molecule is C[C@H](/C=C\C/C=C\C/C=C\CCCOC1CCCCO1)CO. The molecule has 22 heavy (non-hydrogen) atoms. The summed E-state index contributed by atoms with van der Waals surface area (Å²) in [7, 11) is 0. The van der Waals surface area contributed by atoms with Crippen LogP contribution in [0, 0.1) is 5.92 Å². The van der Waals surface area contributed by atoms with E-state index in [0.29, 0.717) is 0 Å². The number of aliphatic hydroxyl groups excluding tert-OH is 1. The molecular formula is C19H32O3. The van der Waals surface area contributed by atoms with Crippen LogP contribution in [0.25, 0.3) is 0 Å². The number of ether oxygens (including phenoxy) is 2. The number of hydrogen-bond acceptors (Lipinski definition) is 3. The number of unbranched alkanes of at least 4 members (excludes halogenated alkanes) is 1. The predicted octanol–water partition coefficient (Wildman–Crippen LogP) is 4.39. The summed E-state index contributed by atoms with van der Waals surface area (Å²) in [5.41, 5.74) is 0. The minimum Gasteiger partial charge on any atom is -0.396 e. The van der Waals surface area contributed by atoms with Crippen LogP contribution in [0.1, 0.15) is 51.9 Å². The van der Waals surface area contributed by atoms with Gasteiger partial charge in [-0.05, 0) is 50.9 Å². The molecular weight excluding hydrogens is 276 g/mol. The zero-order chi connectivity index (χ0) is 15.9. The van der Waals surface area contributed by atoms with E-state index in [1.165, 1.54) is 12.8 Å². The largest absolute Gasteiger partial charge is 0.396 e. The van der Waals surface area contributed by atoms with E-state index in [2.05, 4.69) is 36.5 Å². The Labute approximate surface area is 135 Å². The second-order valence-corrected chi connectivity index (χ2v) is 5.81. The molecule has 1 saturated heterocycles. The average molecular weight is 308 g/mol. The molecule has 0 aliphatic carbocycles. The maximum Gasteiger partial charge on any atom is 0.157 e. The Morgan fingerprint density at radius 3 is 2.64 bits per heavy atom. The highest BCUT2D eigenvalue weighted by Gasteiger charge is 2.12. The molecule has 1 aliphatic rings. The lowest BCUT2D eigenvalue weighted by molar-refractivity contribution is -0.162. The van der Waals surface area contributed by atoms with Gasteiger partial charge in [0.2, 0.25) is 0 Å². The van der Waals surface area contributed by atoms with Crippen LogP contribution in [0.2, 0.25) is 0 Å². The second kappa shape index (κ2) is 13.7. The van der Waals surface area contributed by atoms with Crippen molar-refractivity contribution in [2.24, 2.45) is 5.92 Å². The Balaban J connectivity index is 1.90. The van der Waals surface area contributed by atoms with Gasteiger partial charge in [-0.1, -0.05) is 43.4 Å². The van der Waals surface area contributed by atoms with Crippen LogP contribution in [0.3, 0.4) is 0 Å². The predicted molar refractivity (Wildman–Crippen MR) is 91.7 cm³/mol. The molecule has 1 heterocycles. The Hall–Kier alpha value is -0.900. The molecule has 2 atom stereocenters. The molecule has 3 heteroatoms. The average Bonchev–Trinajstić information content (AvgIpc) is 2.56. The lowest BCUT2D eigenvalue weighted by Gasteiger charge is -2.22. The Morgan fingerprint density at radius 1 is 1.14 bits per heavy atom. The van der Waals surface area contributed by atoms with Crippen LogP contribution in [-0.4, -0.2) is 31.2 Å². The summed E-state index contributed by atoms with van der Waals surface area (Å²) >= 11 is 0. The topological polar surface area (TPSA) is 38.7 Å². The minimum absolute atomic E-state index is 0.0438. The minimum atomic E-state index is 0.0438. The molecule has 0 aromatic rings. The number of rotatable bonds is 11. The molecule has 1 fully saturated rings. The van der Waals surface area contributed by atoms with Gasteiger partial charge in [0.05, 0.1) is 6.61 Å². The number of aliphatic hydroxyl groups is 1. The van der Waals surface area contributed by atoms with Gasteiger partial charge in [-0.25, -0.2) is 0 Å². The van der Waals surface area contributed by atoms with Crippen molar-refractivity contribution in [1.82, 2.24) is 0 Å². The molecule has 1 aliphatic heterocycles. The van der Waals surface area contributed by atoms with Gasteiger partial charge in [0.15, 0.2) is 6.29 Å². The van der Waals surface area contributed by atoms with E-state index in [4.69, 9.17) is 14.6 Å². The van der Waals surface area contributed by atoms with Crippen LogP contribution in [0.15, 0.2) is 36.5 Å². The van der Waals surface area contributed by atoms with Crippen molar-refractivity contribution < 1.29 is 14.6 Å². The van der Waals surface area contributed by atoms with Crippen molar-refractivity contribution in [2.75, 3.05) is 19.8 Å². The van der Waals surface area contributed by atoms with E-state index in [9.17, 15) is 0 Å². The van der Waals surface area contributed by atoms with Crippen LogP contribution >= 0.6 is 0 Å². The molecule has 3 nitrogen and oxygen atoms in total. The van der Waals surface area contributed by atoms with Crippen LogP contribution < -0.4 is 0 Å². The lowest BCUT2D eigenvalue weighted by Crippen LogP contribution is -2.22. The second-order valence-electron chi connectivity index (χ2n) is 5.81. The van der Waals surface area contributed by atoms with E-state index in [1.807, 2.05) is 6.92 Å². The fraction of sp³-hybridized carbons (Fsp3) is 0.684. The van der Waals surface area contributed by atoms with Crippen molar-refractivity contribution in [2.45, 2.75) is 58.2 Å². The van der Waals surface area contributed by atoms with E-state index in [1.54, 1.807) is 0 Å². The van der Waals surface area contributed by atoms with Gasteiger partial charge in [0.1, 0.15) is 0 Å². The van der Waals surface area contributed by atoms with E-state index >= 15 is 0 Å². The van der Waals surface area contributed by atoms with Gasteiger partial charge in [-0.15, -0.1) is 0 Å². The molecule has 126 valence electrons. The van der Waals surface area contributed by atoms with E-state index in [0.717, 1.165) is 45.3 Å². The quantitative estimate of drug-likeness (QED) is 0.454. The first kappa shape index (κ1) is 19.1. The molecule has 0 amide bonds. The number of allylic oxidation sites excluding steroid dienone is 5. The lowest BCUT2D eigenvalue weighted by atomic mass is 10.1. The fourth-order valence-corrected chi connectivity index (χ4v) is 2.19. The Bertz CT molecular complexity index is 328. The van der Waals surface area contributed by atoms with Gasteiger partial charge in [0, 0.05) is 13.2 Å². The Morgan fingerprint density at radius 2 is 1.91 bits per heavy atom. The van der Waals surface area contributed by atoms with Crippen molar-refractivity contribution in [3.8, 4) is 0 Å². The summed E-state index contributed by atoms with van der Waals surface area (Å²) in [6.45, 7) is 3.87. The van der Waals surface area contributed by atoms with Gasteiger partial charge in [0.25, 0.3) is 0 Å². The Kier molecular flexibility index (Phi) is 12.0. The first-order valence-electron chi connectivity index (χ1n) is 8.63. The number of hydrogen-bond donors (Lipinski definition) is 1. The fourth-order valence-electron chi connectivity index (χ4n) is 2.19. The van der Waals surface area contributed by atoms with Crippen molar-refractivity contribution >= 4 is 0 Å². The van der Waals surface area contributed by atoms with Gasteiger partial charge < -0.3 is 14.6 Å². The molecule has 1 rings (SSSR count). The smallest absolute Gasteiger partial charge is 0.157 e. The van der Waals surface area contributed by atoms with Crippen molar-refractivity contribution in [3.05, 3.63) is 36.5 Å².